The van der Waals surface area contributed by atoms with Crippen molar-refractivity contribution >= 4 is 17.9 Å². The van der Waals surface area contributed by atoms with E-state index in [1.165, 1.54) is 0 Å². The zero-order chi connectivity index (χ0) is 15.2. The number of amides is 3. The second-order valence-corrected chi connectivity index (χ2v) is 5.14. The monoisotopic (exact) mass is 290 g/mol. The molecule has 1 aromatic carbocycles. The third-order valence-electron chi connectivity index (χ3n) is 4.01. The quantitative estimate of drug-likeness (QED) is 0.789. The number of methoxy groups -OCH3 is 1. The number of carboxylic acid groups (broad SMARTS) is 1. The van der Waals surface area contributed by atoms with Crippen LogP contribution in [0.1, 0.15) is 17.5 Å². The molecule has 1 atom stereocenters. The van der Waals surface area contributed by atoms with Crippen LogP contribution in [-0.2, 0) is 21.5 Å². The summed E-state index contributed by atoms with van der Waals surface area (Å²) in [6, 6.07) is 4.66. The van der Waals surface area contributed by atoms with E-state index in [9.17, 15) is 14.4 Å². The van der Waals surface area contributed by atoms with Gasteiger partial charge in [0.05, 0.1) is 7.11 Å². The summed E-state index contributed by atoms with van der Waals surface area (Å²) in [5.41, 5.74) is 0.517. The van der Waals surface area contributed by atoms with Crippen LogP contribution >= 0.6 is 0 Å². The van der Waals surface area contributed by atoms with E-state index < -0.39 is 30.0 Å². The Bertz CT molecular complexity index is 657. The average molecular weight is 290 g/mol. The predicted molar refractivity (Wildman–Crippen MR) is 70.9 cm³/mol. The number of nitrogens with one attached hydrogen (secondary N) is 1. The minimum Gasteiger partial charge on any atom is -0.497 e. The molecule has 1 aliphatic heterocycles. The van der Waals surface area contributed by atoms with Crippen molar-refractivity contribution in [3.05, 3.63) is 29.3 Å². The van der Waals surface area contributed by atoms with Crippen LogP contribution < -0.4 is 10.1 Å². The van der Waals surface area contributed by atoms with E-state index in [-0.39, 0.29) is 0 Å². The van der Waals surface area contributed by atoms with Crippen molar-refractivity contribution in [3.8, 4) is 5.75 Å². The molecule has 1 saturated heterocycles. The van der Waals surface area contributed by atoms with Crippen LogP contribution in [0.5, 0.6) is 5.75 Å². The lowest BCUT2D eigenvalue weighted by atomic mass is 9.92. The van der Waals surface area contributed by atoms with E-state index in [1.807, 2.05) is 6.07 Å². The summed E-state index contributed by atoms with van der Waals surface area (Å²) < 4.78 is 5.15. The van der Waals surface area contributed by atoms with E-state index in [1.54, 1.807) is 19.2 Å². The largest absolute Gasteiger partial charge is 0.497 e. The van der Waals surface area contributed by atoms with Crippen LogP contribution in [0.25, 0.3) is 0 Å². The van der Waals surface area contributed by atoms with Gasteiger partial charge in [0.25, 0.3) is 5.91 Å². The maximum atomic E-state index is 12.5. The van der Waals surface area contributed by atoms with Gasteiger partial charge in [0.1, 0.15) is 17.8 Å². The summed E-state index contributed by atoms with van der Waals surface area (Å²) in [5, 5.41) is 11.5. The Labute approximate surface area is 120 Å². The Hall–Kier alpha value is -2.57. The zero-order valence-electron chi connectivity index (χ0n) is 11.4. The first kappa shape index (κ1) is 13.4. The number of aliphatic carboxylic acids is 1. The summed E-state index contributed by atoms with van der Waals surface area (Å²) in [7, 11) is 1.56. The average Bonchev–Trinajstić information content (AvgIpc) is 2.92. The lowest BCUT2D eigenvalue weighted by molar-refractivity contribution is -0.142. The summed E-state index contributed by atoms with van der Waals surface area (Å²) >= 11 is 0. The second kappa shape index (κ2) is 4.47. The standard InChI is InChI=1S/C14H14N2O5/c1-21-9-2-3-10-8(6-9)4-5-14(10)12(19)16(7-11(17)18)13(20)15-14/h2-3,6H,4-5,7H2,1H3,(H,15,20)(H,17,18). The number of rotatable bonds is 3. The van der Waals surface area contributed by atoms with Crippen LogP contribution in [0.2, 0.25) is 0 Å². The molecule has 0 radical (unpaired) electrons. The van der Waals surface area contributed by atoms with Crippen molar-refractivity contribution in [3.63, 3.8) is 0 Å². The van der Waals surface area contributed by atoms with Crippen LogP contribution in [0.15, 0.2) is 18.2 Å². The van der Waals surface area contributed by atoms with Crippen LogP contribution in [0, 0.1) is 0 Å². The minimum atomic E-state index is -1.22. The molecule has 1 heterocycles. The molecule has 1 aromatic rings. The Morgan fingerprint density at radius 1 is 1.48 bits per heavy atom. The van der Waals surface area contributed by atoms with Gasteiger partial charge in [0, 0.05) is 0 Å². The van der Waals surface area contributed by atoms with Crippen molar-refractivity contribution in [1.82, 2.24) is 10.2 Å². The number of carbonyl (C=O) groups excluding carboxylic acids is 2. The van der Waals surface area contributed by atoms with Gasteiger partial charge in [-0.15, -0.1) is 0 Å². The van der Waals surface area contributed by atoms with Crippen LogP contribution in [0.3, 0.4) is 0 Å². The maximum absolute atomic E-state index is 12.5. The second-order valence-electron chi connectivity index (χ2n) is 5.14. The molecule has 110 valence electrons. The van der Waals surface area contributed by atoms with E-state index >= 15 is 0 Å². The van der Waals surface area contributed by atoms with Gasteiger partial charge in [-0.1, -0.05) is 6.07 Å². The SMILES string of the molecule is COc1ccc2c(c1)CCC21NC(=O)N(CC(=O)O)C1=O. The Morgan fingerprint density at radius 2 is 2.24 bits per heavy atom. The third kappa shape index (κ3) is 1.84. The highest BCUT2D eigenvalue weighted by atomic mass is 16.5. The molecular weight excluding hydrogens is 276 g/mol. The number of carbonyl (C=O) groups is 3. The molecule has 0 saturated carbocycles. The predicted octanol–water partition coefficient (Wildman–Crippen LogP) is 0.473. The molecule has 1 fully saturated rings. The number of fused-ring (bicyclic) bond motifs is 2. The molecule has 0 bridgehead atoms. The minimum absolute atomic E-state index is 0.427. The molecular formula is C14H14N2O5. The molecule has 7 nitrogen and oxygen atoms in total. The third-order valence-corrected chi connectivity index (χ3v) is 4.01. The Morgan fingerprint density at radius 3 is 2.90 bits per heavy atom. The van der Waals surface area contributed by atoms with Gasteiger partial charge in [0.15, 0.2) is 0 Å². The molecule has 1 aliphatic carbocycles. The summed E-state index contributed by atoms with van der Waals surface area (Å²) in [6.07, 6.45) is 1.05. The summed E-state index contributed by atoms with van der Waals surface area (Å²) in [6.45, 7) is -0.627. The van der Waals surface area contributed by atoms with E-state index in [4.69, 9.17) is 9.84 Å². The molecule has 7 heteroatoms. The molecule has 2 aliphatic rings. The van der Waals surface area contributed by atoms with E-state index in [2.05, 4.69) is 5.32 Å². The zero-order valence-corrected chi connectivity index (χ0v) is 11.4. The molecule has 3 amide bonds. The normalized spacial score (nSPS) is 23.4. The van der Waals surface area contributed by atoms with Crippen molar-refractivity contribution in [2.24, 2.45) is 0 Å². The highest BCUT2D eigenvalue weighted by molar-refractivity contribution is 6.09. The number of hydrogen-bond donors (Lipinski definition) is 2. The van der Waals surface area contributed by atoms with Gasteiger partial charge >= 0.3 is 12.0 Å². The fraction of sp³-hybridized carbons (Fsp3) is 0.357. The number of ether oxygens (including phenoxy) is 1. The van der Waals surface area contributed by atoms with Crippen molar-refractivity contribution in [2.45, 2.75) is 18.4 Å². The summed E-state index contributed by atoms with van der Waals surface area (Å²) in [4.78, 5) is 36.0. The first-order valence-corrected chi connectivity index (χ1v) is 6.51. The van der Waals surface area contributed by atoms with Crippen LogP contribution in [0.4, 0.5) is 4.79 Å². The lowest BCUT2D eigenvalue weighted by Crippen LogP contribution is -2.42. The van der Waals surface area contributed by atoms with Crippen molar-refractivity contribution < 1.29 is 24.2 Å². The summed E-state index contributed by atoms with van der Waals surface area (Å²) in [5.74, 6) is -1.03. The maximum Gasteiger partial charge on any atom is 0.325 e. The topological polar surface area (TPSA) is 95.9 Å². The number of aryl methyl sites for hydroxylation is 1. The molecule has 1 unspecified atom stereocenters. The smallest absolute Gasteiger partial charge is 0.325 e. The number of carboxylic acids is 1. The molecule has 1 spiro atoms. The molecule has 3 rings (SSSR count). The molecule has 21 heavy (non-hydrogen) atoms. The van der Waals surface area contributed by atoms with Crippen molar-refractivity contribution in [2.75, 3.05) is 13.7 Å². The fourth-order valence-electron chi connectivity index (χ4n) is 3.03. The van der Waals surface area contributed by atoms with E-state index in [0.717, 1.165) is 16.0 Å². The van der Waals surface area contributed by atoms with Gasteiger partial charge in [-0.2, -0.15) is 0 Å². The Kier molecular flexibility index (Phi) is 2.86. The first-order valence-electron chi connectivity index (χ1n) is 6.51. The number of imide groups is 1. The van der Waals surface area contributed by atoms with Gasteiger partial charge < -0.3 is 15.2 Å². The highest BCUT2D eigenvalue weighted by Crippen LogP contribution is 2.42. The van der Waals surface area contributed by atoms with Crippen molar-refractivity contribution in [1.29, 1.82) is 0 Å². The number of hydrogen-bond acceptors (Lipinski definition) is 4. The van der Waals surface area contributed by atoms with Gasteiger partial charge in [0.2, 0.25) is 0 Å². The number of benzene rings is 1. The Balaban J connectivity index is 2.00. The number of nitrogens with zero attached hydrogens (tertiary/aromatic N) is 1. The van der Waals surface area contributed by atoms with E-state index in [0.29, 0.717) is 18.6 Å². The van der Waals surface area contributed by atoms with Gasteiger partial charge in [-0.25, -0.2) is 4.79 Å². The molecule has 2 N–H and O–H groups in total. The lowest BCUT2D eigenvalue weighted by Gasteiger charge is -2.22. The fourth-order valence-corrected chi connectivity index (χ4v) is 3.03. The van der Waals surface area contributed by atoms with Crippen LogP contribution in [-0.4, -0.2) is 41.6 Å². The first-order chi connectivity index (χ1) is 9.98. The number of urea groups is 1. The van der Waals surface area contributed by atoms with Gasteiger partial charge in [-0.3, -0.25) is 14.5 Å². The molecule has 0 aromatic heterocycles. The highest BCUT2D eigenvalue weighted by Gasteiger charge is 2.55. The van der Waals surface area contributed by atoms with Gasteiger partial charge in [-0.05, 0) is 36.1 Å².